The molecule has 7 nitrogen and oxygen atoms in total. The van der Waals surface area contributed by atoms with E-state index in [9.17, 15) is 17.6 Å². The summed E-state index contributed by atoms with van der Waals surface area (Å²) >= 11 is 1.62. The van der Waals surface area contributed by atoms with Crippen LogP contribution in [0.3, 0.4) is 0 Å². The molecule has 0 unspecified atom stereocenters. The largest absolute Gasteiger partial charge is 0.339 e. The second-order valence-electron chi connectivity index (χ2n) is 7.00. The Morgan fingerprint density at radius 2 is 2.00 bits per heavy atom. The highest BCUT2D eigenvalue weighted by molar-refractivity contribution is 7.89. The summed E-state index contributed by atoms with van der Waals surface area (Å²) in [5.41, 5.74) is 0.952. The number of aromatic nitrogens is 1. The van der Waals surface area contributed by atoms with Gasteiger partial charge in [-0.15, -0.1) is 11.3 Å². The Bertz CT molecular complexity index is 956. The maximum Gasteiger partial charge on any atom is 0.243 e. The van der Waals surface area contributed by atoms with E-state index in [4.69, 9.17) is 0 Å². The van der Waals surface area contributed by atoms with Crippen LogP contribution in [0.4, 0.5) is 4.39 Å². The van der Waals surface area contributed by atoms with Crippen LogP contribution in [0.5, 0.6) is 0 Å². The lowest BCUT2D eigenvalue weighted by molar-refractivity contribution is -0.133. The second kappa shape index (κ2) is 9.29. The molecule has 0 atom stereocenters. The number of thiazole rings is 1. The van der Waals surface area contributed by atoms with Crippen LogP contribution in [0, 0.1) is 5.82 Å². The molecule has 1 aromatic heterocycles. The summed E-state index contributed by atoms with van der Waals surface area (Å²) in [6.07, 6.45) is 0.899. The van der Waals surface area contributed by atoms with Crippen LogP contribution in [-0.4, -0.2) is 73.2 Å². The van der Waals surface area contributed by atoms with Gasteiger partial charge in [0.25, 0.3) is 0 Å². The number of carbonyl (C=O) groups excluding carboxylic acids is 1. The normalized spacial score (nSPS) is 15.8. The summed E-state index contributed by atoms with van der Waals surface area (Å²) < 4.78 is 40.0. The standard InChI is InChI=1S/C19H25FN4O3S2/c1-3-18-21-16(14-28-18)12-22(2)13-19(25)23-7-9-24(10-8-23)29(26,27)17-6-4-5-15(20)11-17/h4-6,11,14H,3,7-10,12-13H2,1-2H3. The van der Waals surface area contributed by atoms with Crippen LogP contribution < -0.4 is 0 Å². The van der Waals surface area contributed by atoms with E-state index in [0.717, 1.165) is 23.2 Å². The molecule has 1 aliphatic heterocycles. The number of halogens is 1. The predicted octanol–water partition coefficient (Wildman–Crippen LogP) is 1.81. The molecule has 0 aliphatic carbocycles. The number of likely N-dealkylation sites (N-methyl/N-ethyl adjacent to an activating group) is 1. The van der Waals surface area contributed by atoms with Crippen molar-refractivity contribution in [3.63, 3.8) is 0 Å². The molecule has 3 rings (SSSR count). The Morgan fingerprint density at radius 1 is 1.28 bits per heavy atom. The molecule has 2 aromatic rings. The van der Waals surface area contributed by atoms with Crippen molar-refractivity contribution in [3.05, 3.63) is 46.2 Å². The summed E-state index contributed by atoms with van der Waals surface area (Å²) in [6, 6.07) is 4.99. The molecule has 1 amide bonds. The topological polar surface area (TPSA) is 73.8 Å². The third-order valence-electron chi connectivity index (χ3n) is 4.76. The number of piperazine rings is 1. The van der Waals surface area contributed by atoms with Gasteiger partial charge in [0.1, 0.15) is 5.82 Å². The first-order valence-electron chi connectivity index (χ1n) is 9.45. The van der Waals surface area contributed by atoms with E-state index in [1.54, 1.807) is 16.2 Å². The van der Waals surface area contributed by atoms with E-state index >= 15 is 0 Å². The summed E-state index contributed by atoms with van der Waals surface area (Å²) in [5.74, 6) is -0.629. The average molecular weight is 441 g/mol. The van der Waals surface area contributed by atoms with Gasteiger partial charge in [0.2, 0.25) is 15.9 Å². The zero-order valence-electron chi connectivity index (χ0n) is 16.5. The number of benzene rings is 1. The van der Waals surface area contributed by atoms with E-state index in [1.807, 2.05) is 17.3 Å². The smallest absolute Gasteiger partial charge is 0.243 e. The molecule has 0 bridgehead atoms. The number of carbonyl (C=O) groups is 1. The Morgan fingerprint density at radius 3 is 2.62 bits per heavy atom. The molecule has 1 aliphatic rings. The number of aryl methyl sites for hydroxylation is 1. The predicted molar refractivity (Wildman–Crippen MR) is 110 cm³/mol. The van der Waals surface area contributed by atoms with Gasteiger partial charge in [0, 0.05) is 38.1 Å². The molecule has 1 saturated heterocycles. The van der Waals surface area contributed by atoms with Gasteiger partial charge < -0.3 is 4.90 Å². The van der Waals surface area contributed by atoms with Crippen molar-refractivity contribution in [2.24, 2.45) is 0 Å². The summed E-state index contributed by atoms with van der Waals surface area (Å²) in [6.45, 7) is 3.92. The van der Waals surface area contributed by atoms with Gasteiger partial charge in [-0.25, -0.2) is 17.8 Å². The Balaban J connectivity index is 1.52. The molecule has 1 fully saturated rings. The Hall–Kier alpha value is -1.88. The van der Waals surface area contributed by atoms with Crippen molar-refractivity contribution in [2.45, 2.75) is 24.8 Å². The van der Waals surface area contributed by atoms with Gasteiger partial charge in [0.15, 0.2) is 0 Å². The fourth-order valence-electron chi connectivity index (χ4n) is 3.20. The summed E-state index contributed by atoms with van der Waals surface area (Å²) in [7, 11) is -1.89. The molecule has 0 saturated carbocycles. The lowest BCUT2D eigenvalue weighted by atomic mass is 10.3. The van der Waals surface area contributed by atoms with Crippen LogP contribution in [0.1, 0.15) is 17.6 Å². The Kier molecular flexibility index (Phi) is 6.99. The van der Waals surface area contributed by atoms with E-state index < -0.39 is 15.8 Å². The summed E-state index contributed by atoms with van der Waals surface area (Å²) in [4.78, 5) is 20.6. The van der Waals surface area contributed by atoms with Gasteiger partial charge in [-0.3, -0.25) is 9.69 Å². The van der Waals surface area contributed by atoms with Gasteiger partial charge >= 0.3 is 0 Å². The minimum absolute atomic E-state index is 0.0405. The molecule has 0 radical (unpaired) electrons. The maximum atomic E-state index is 13.4. The first-order valence-corrected chi connectivity index (χ1v) is 11.8. The van der Waals surface area contributed by atoms with Crippen molar-refractivity contribution in [1.82, 2.24) is 19.1 Å². The molecule has 10 heteroatoms. The number of nitrogens with zero attached hydrogens (tertiary/aromatic N) is 4. The first-order chi connectivity index (χ1) is 13.8. The quantitative estimate of drug-likeness (QED) is 0.657. The van der Waals surface area contributed by atoms with Crippen molar-refractivity contribution in [3.8, 4) is 0 Å². The van der Waals surface area contributed by atoms with Crippen LogP contribution in [0.2, 0.25) is 0 Å². The molecule has 158 valence electrons. The molecular formula is C19H25FN4O3S2. The highest BCUT2D eigenvalue weighted by atomic mass is 32.2. The highest BCUT2D eigenvalue weighted by Crippen LogP contribution is 2.19. The van der Waals surface area contributed by atoms with Crippen molar-refractivity contribution >= 4 is 27.3 Å². The number of hydrogen-bond acceptors (Lipinski definition) is 6. The van der Waals surface area contributed by atoms with Gasteiger partial charge in [0.05, 0.1) is 22.1 Å². The number of hydrogen-bond donors (Lipinski definition) is 0. The van der Waals surface area contributed by atoms with Crippen LogP contribution >= 0.6 is 11.3 Å². The maximum absolute atomic E-state index is 13.4. The van der Waals surface area contributed by atoms with Crippen LogP contribution in [0.25, 0.3) is 0 Å². The fraction of sp³-hybridized carbons (Fsp3) is 0.474. The fourth-order valence-corrected chi connectivity index (χ4v) is 5.39. The zero-order chi connectivity index (χ0) is 21.0. The van der Waals surface area contributed by atoms with E-state index in [0.29, 0.717) is 19.6 Å². The number of amides is 1. The third-order valence-corrected chi connectivity index (χ3v) is 7.70. The minimum Gasteiger partial charge on any atom is -0.339 e. The van der Waals surface area contributed by atoms with Crippen LogP contribution in [0.15, 0.2) is 34.5 Å². The molecule has 1 aromatic carbocycles. The minimum atomic E-state index is -3.76. The molecule has 2 heterocycles. The van der Waals surface area contributed by atoms with Crippen molar-refractivity contribution < 1.29 is 17.6 Å². The first kappa shape index (κ1) is 21.8. The molecule has 0 N–H and O–H groups in total. The Labute approximate surface area is 174 Å². The van der Waals surface area contributed by atoms with Gasteiger partial charge in [-0.1, -0.05) is 13.0 Å². The monoisotopic (exact) mass is 440 g/mol. The average Bonchev–Trinajstić information content (AvgIpc) is 3.15. The number of sulfonamides is 1. The molecule has 29 heavy (non-hydrogen) atoms. The third kappa shape index (κ3) is 5.39. The van der Waals surface area contributed by atoms with Gasteiger partial charge in [-0.05, 0) is 31.7 Å². The van der Waals surface area contributed by atoms with Gasteiger partial charge in [-0.2, -0.15) is 4.31 Å². The van der Waals surface area contributed by atoms with E-state index in [1.165, 1.54) is 22.5 Å². The van der Waals surface area contributed by atoms with E-state index in [-0.39, 0.29) is 30.4 Å². The van der Waals surface area contributed by atoms with Crippen molar-refractivity contribution in [2.75, 3.05) is 39.8 Å². The highest BCUT2D eigenvalue weighted by Gasteiger charge is 2.30. The summed E-state index contributed by atoms with van der Waals surface area (Å²) in [5, 5.41) is 3.09. The molecule has 0 spiro atoms. The van der Waals surface area contributed by atoms with Crippen LogP contribution in [-0.2, 0) is 27.8 Å². The van der Waals surface area contributed by atoms with Crippen molar-refractivity contribution in [1.29, 1.82) is 0 Å². The van der Waals surface area contributed by atoms with E-state index in [2.05, 4.69) is 11.9 Å². The second-order valence-corrected chi connectivity index (χ2v) is 9.88. The number of rotatable bonds is 7. The molecular weight excluding hydrogens is 415 g/mol. The lowest BCUT2D eigenvalue weighted by Crippen LogP contribution is -2.52. The SMILES string of the molecule is CCc1nc(CN(C)CC(=O)N2CCN(S(=O)(=O)c3cccc(F)c3)CC2)cs1. The lowest BCUT2D eigenvalue weighted by Gasteiger charge is -2.34. The zero-order valence-corrected chi connectivity index (χ0v) is 18.2.